The molecule has 0 aliphatic carbocycles. The zero-order valence-electron chi connectivity index (χ0n) is 15.4. The van der Waals surface area contributed by atoms with Gasteiger partial charge in [-0.1, -0.05) is 41.9 Å². The molecule has 28 heavy (non-hydrogen) atoms. The molecular formula is C21H18ClN3O3. The molecule has 1 saturated heterocycles. The van der Waals surface area contributed by atoms with Crippen LogP contribution < -0.4 is 10.1 Å². The number of carbonyl (C=O) groups excluding carboxylic acids is 2. The van der Waals surface area contributed by atoms with Crippen molar-refractivity contribution in [1.82, 2.24) is 15.2 Å². The highest BCUT2D eigenvalue weighted by Crippen LogP contribution is 2.32. The number of rotatable bonds is 4. The van der Waals surface area contributed by atoms with Crippen molar-refractivity contribution in [3.63, 3.8) is 0 Å². The number of amides is 3. The van der Waals surface area contributed by atoms with Gasteiger partial charge in [-0.15, -0.1) is 0 Å². The quantitative estimate of drug-likeness (QED) is 0.537. The standard InChI is InChI=1S/C21H18ClN3O3/c1-21(15-7-9-16(28-2)10-8-15)19(26)25(20(27)24-21)12-14-11-13-5-3-4-6-17(13)23-18(14)22/h3-11H,12H2,1-2H3,(H,24,27). The molecule has 1 N–H and O–H groups in total. The Balaban J connectivity index is 1.65. The van der Waals surface area contributed by atoms with Crippen LogP contribution >= 0.6 is 11.6 Å². The van der Waals surface area contributed by atoms with E-state index in [1.807, 2.05) is 30.3 Å². The van der Waals surface area contributed by atoms with Crippen LogP contribution in [0, 0.1) is 0 Å². The second-order valence-electron chi connectivity index (χ2n) is 6.81. The highest BCUT2D eigenvalue weighted by Gasteiger charge is 2.49. The molecule has 2 heterocycles. The molecular weight excluding hydrogens is 378 g/mol. The van der Waals surface area contributed by atoms with Gasteiger partial charge in [0.2, 0.25) is 0 Å². The van der Waals surface area contributed by atoms with Gasteiger partial charge in [0.25, 0.3) is 5.91 Å². The summed E-state index contributed by atoms with van der Waals surface area (Å²) in [4.78, 5) is 31.2. The third-order valence-corrected chi connectivity index (χ3v) is 5.35. The Morgan fingerprint density at radius 3 is 2.57 bits per heavy atom. The summed E-state index contributed by atoms with van der Waals surface area (Å²) < 4.78 is 5.16. The number of pyridine rings is 1. The lowest BCUT2D eigenvalue weighted by Gasteiger charge is -2.22. The van der Waals surface area contributed by atoms with Gasteiger partial charge in [0, 0.05) is 10.9 Å². The minimum Gasteiger partial charge on any atom is -0.497 e. The number of methoxy groups -OCH3 is 1. The van der Waals surface area contributed by atoms with Crippen LogP contribution in [-0.2, 0) is 16.9 Å². The lowest BCUT2D eigenvalue weighted by atomic mass is 9.92. The maximum atomic E-state index is 13.1. The van der Waals surface area contributed by atoms with Gasteiger partial charge in [-0.3, -0.25) is 9.69 Å². The number of fused-ring (bicyclic) bond motifs is 1. The maximum absolute atomic E-state index is 13.1. The number of benzene rings is 2. The van der Waals surface area contributed by atoms with Crippen LogP contribution in [0.2, 0.25) is 5.15 Å². The number of imide groups is 1. The van der Waals surface area contributed by atoms with Gasteiger partial charge in [0.15, 0.2) is 0 Å². The fraction of sp³-hybridized carbons (Fsp3) is 0.190. The van der Waals surface area contributed by atoms with Crippen LogP contribution in [0.1, 0.15) is 18.1 Å². The molecule has 142 valence electrons. The molecule has 6 nitrogen and oxygen atoms in total. The normalized spacial score (nSPS) is 19.2. The second-order valence-corrected chi connectivity index (χ2v) is 7.16. The van der Waals surface area contributed by atoms with Crippen molar-refractivity contribution in [2.75, 3.05) is 7.11 Å². The van der Waals surface area contributed by atoms with Crippen molar-refractivity contribution >= 4 is 34.4 Å². The molecule has 4 rings (SSSR count). The monoisotopic (exact) mass is 395 g/mol. The fourth-order valence-electron chi connectivity index (χ4n) is 3.38. The summed E-state index contributed by atoms with van der Waals surface area (Å²) in [7, 11) is 1.57. The lowest BCUT2D eigenvalue weighted by molar-refractivity contribution is -0.131. The van der Waals surface area contributed by atoms with Gasteiger partial charge in [-0.2, -0.15) is 0 Å². The average molecular weight is 396 g/mol. The first kappa shape index (κ1) is 18.3. The number of aromatic nitrogens is 1. The van der Waals surface area contributed by atoms with Gasteiger partial charge in [-0.05, 0) is 36.8 Å². The highest BCUT2D eigenvalue weighted by molar-refractivity contribution is 6.30. The van der Waals surface area contributed by atoms with E-state index in [9.17, 15) is 9.59 Å². The van der Waals surface area contributed by atoms with Crippen molar-refractivity contribution in [3.8, 4) is 5.75 Å². The molecule has 1 atom stereocenters. The van der Waals surface area contributed by atoms with E-state index in [1.165, 1.54) is 4.90 Å². The van der Waals surface area contributed by atoms with Crippen LogP contribution in [0.3, 0.4) is 0 Å². The first-order valence-electron chi connectivity index (χ1n) is 8.75. The number of ether oxygens (including phenoxy) is 1. The van der Waals surface area contributed by atoms with Gasteiger partial charge >= 0.3 is 6.03 Å². The van der Waals surface area contributed by atoms with Gasteiger partial charge in [-0.25, -0.2) is 9.78 Å². The highest BCUT2D eigenvalue weighted by atomic mass is 35.5. The first-order chi connectivity index (χ1) is 13.4. The second kappa shape index (κ2) is 6.80. The fourth-order valence-corrected chi connectivity index (χ4v) is 3.58. The molecule has 0 spiro atoms. The van der Waals surface area contributed by atoms with Crippen LogP contribution in [0.5, 0.6) is 5.75 Å². The van der Waals surface area contributed by atoms with Crippen molar-refractivity contribution < 1.29 is 14.3 Å². The van der Waals surface area contributed by atoms with Crippen molar-refractivity contribution in [1.29, 1.82) is 0 Å². The van der Waals surface area contributed by atoms with E-state index in [2.05, 4.69) is 10.3 Å². The molecule has 2 aromatic carbocycles. The van der Waals surface area contributed by atoms with Crippen molar-refractivity contribution in [2.45, 2.75) is 19.0 Å². The summed E-state index contributed by atoms with van der Waals surface area (Å²) in [5.41, 5.74) is 0.899. The molecule has 1 unspecified atom stereocenters. The maximum Gasteiger partial charge on any atom is 0.325 e. The molecule has 3 aromatic rings. The minimum atomic E-state index is -1.15. The van der Waals surface area contributed by atoms with Crippen molar-refractivity contribution in [2.24, 2.45) is 0 Å². The van der Waals surface area contributed by atoms with E-state index in [1.54, 1.807) is 38.3 Å². The minimum absolute atomic E-state index is 0.0487. The zero-order valence-corrected chi connectivity index (χ0v) is 16.2. The summed E-state index contributed by atoms with van der Waals surface area (Å²) >= 11 is 6.30. The Labute approximate surface area is 167 Å². The Morgan fingerprint density at radius 2 is 1.86 bits per heavy atom. The molecule has 0 saturated carbocycles. The number of nitrogens with zero attached hydrogens (tertiary/aromatic N) is 2. The molecule has 7 heteroatoms. The summed E-state index contributed by atoms with van der Waals surface area (Å²) in [6.45, 7) is 1.74. The number of carbonyl (C=O) groups is 2. The van der Waals surface area contributed by atoms with Gasteiger partial charge in [0.1, 0.15) is 16.4 Å². The Morgan fingerprint density at radius 1 is 1.14 bits per heavy atom. The van der Waals surface area contributed by atoms with E-state index in [0.717, 1.165) is 10.9 Å². The van der Waals surface area contributed by atoms with E-state index >= 15 is 0 Å². The Hall–Kier alpha value is -3.12. The molecule has 1 aliphatic heterocycles. The number of hydrogen-bond acceptors (Lipinski definition) is 4. The SMILES string of the molecule is COc1ccc(C2(C)NC(=O)N(Cc3cc4ccccc4nc3Cl)C2=O)cc1. The summed E-state index contributed by atoms with van der Waals surface area (Å²) in [6, 6.07) is 16.0. The van der Waals surface area contributed by atoms with Crippen molar-refractivity contribution in [3.05, 3.63) is 70.9 Å². The Kier molecular flexibility index (Phi) is 4.43. The van der Waals surface area contributed by atoms with Crippen LogP contribution in [0.15, 0.2) is 54.6 Å². The predicted molar refractivity (Wildman–Crippen MR) is 106 cm³/mol. The summed E-state index contributed by atoms with van der Waals surface area (Å²) in [6.07, 6.45) is 0. The number of hydrogen-bond donors (Lipinski definition) is 1. The number of para-hydroxylation sites is 1. The smallest absolute Gasteiger partial charge is 0.325 e. The van der Waals surface area contributed by atoms with Crippen LogP contribution in [0.25, 0.3) is 10.9 Å². The summed E-state index contributed by atoms with van der Waals surface area (Å²) in [5, 5.41) is 3.96. The first-order valence-corrected chi connectivity index (χ1v) is 9.13. The third-order valence-electron chi connectivity index (χ3n) is 5.02. The molecule has 1 aliphatic rings. The van der Waals surface area contributed by atoms with E-state index in [-0.39, 0.29) is 17.6 Å². The van der Waals surface area contributed by atoms with Crippen LogP contribution in [0.4, 0.5) is 4.79 Å². The lowest BCUT2D eigenvalue weighted by Crippen LogP contribution is -2.40. The third kappa shape index (κ3) is 2.96. The van der Waals surface area contributed by atoms with Gasteiger partial charge < -0.3 is 10.1 Å². The van der Waals surface area contributed by atoms with E-state index in [0.29, 0.717) is 16.9 Å². The molecule has 3 amide bonds. The molecule has 1 aromatic heterocycles. The molecule has 0 radical (unpaired) electrons. The number of halogens is 1. The largest absolute Gasteiger partial charge is 0.497 e. The average Bonchev–Trinajstić information content (AvgIpc) is 2.92. The summed E-state index contributed by atoms with van der Waals surface area (Å²) in [5.74, 6) is 0.335. The van der Waals surface area contributed by atoms with E-state index < -0.39 is 11.6 Å². The van der Waals surface area contributed by atoms with Crippen LogP contribution in [-0.4, -0.2) is 28.9 Å². The topological polar surface area (TPSA) is 71.5 Å². The number of urea groups is 1. The van der Waals surface area contributed by atoms with E-state index in [4.69, 9.17) is 16.3 Å². The zero-order chi connectivity index (χ0) is 19.9. The predicted octanol–water partition coefficient (Wildman–Crippen LogP) is 3.86. The molecule has 0 bridgehead atoms. The molecule has 1 fully saturated rings. The number of nitrogens with one attached hydrogen (secondary N) is 1. The van der Waals surface area contributed by atoms with Gasteiger partial charge in [0.05, 0.1) is 19.2 Å². The Bertz CT molecular complexity index is 1080.